The molecule has 6 heteroatoms. The molecule has 1 amide bonds. The molecule has 0 unspecified atom stereocenters. The summed E-state index contributed by atoms with van der Waals surface area (Å²) in [6, 6.07) is 0.319. The Kier molecular flexibility index (Phi) is 3.23. The van der Waals surface area contributed by atoms with Crippen LogP contribution in [0, 0.1) is 5.92 Å². The number of nitrogens with one attached hydrogen (secondary N) is 2. The molecule has 0 atom stereocenters. The lowest BCUT2D eigenvalue weighted by atomic mass is 10.4. The largest absolute Gasteiger partial charge is 0.356 e. The van der Waals surface area contributed by atoms with Gasteiger partial charge in [0.25, 0.3) is 5.56 Å². The van der Waals surface area contributed by atoms with Gasteiger partial charge in [-0.15, -0.1) is 0 Å². The zero-order valence-electron chi connectivity index (χ0n) is 10.8. The highest BCUT2D eigenvalue weighted by Crippen LogP contribution is 2.33. The van der Waals surface area contributed by atoms with Crippen LogP contribution in [0.4, 0.5) is 5.82 Å². The van der Waals surface area contributed by atoms with Crippen LogP contribution >= 0.6 is 0 Å². The monoisotopic (exact) mass is 262 g/mol. The molecule has 2 N–H and O–H groups in total. The van der Waals surface area contributed by atoms with Crippen molar-refractivity contribution in [3.63, 3.8) is 0 Å². The molecule has 0 spiro atoms. The maximum Gasteiger partial charge on any atom is 0.293 e. The molecular weight excluding hydrogens is 244 g/mol. The van der Waals surface area contributed by atoms with Gasteiger partial charge in [-0.2, -0.15) is 0 Å². The minimum absolute atomic E-state index is 0.0880. The Bertz CT molecular complexity index is 532. The molecule has 0 aromatic carbocycles. The van der Waals surface area contributed by atoms with Crippen molar-refractivity contribution in [2.24, 2.45) is 5.92 Å². The van der Waals surface area contributed by atoms with E-state index in [0.717, 1.165) is 19.4 Å². The van der Waals surface area contributed by atoms with Crippen LogP contribution in [0.25, 0.3) is 0 Å². The van der Waals surface area contributed by atoms with E-state index in [4.69, 9.17) is 0 Å². The van der Waals surface area contributed by atoms with Crippen molar-refractivity contribution >= 4 is 11.7 Å². The SMILES string of the molecule is O=C(CNc1nccn(C2CC2)c1=O)NCC1CC1. The van der Waals surface area contributed by atoms with Crippen LogP contribution in [0.1, 0.15) is 31.7 Å². The first-order chi connectivity index (χ1) is 9.24. The molecule has 2 aliphatic carbocycles. The van der Waals surface area contributed by atoms with Gasteiger partial charge in [0.1, 0.15) is 0 Å². The van der Waals surface area contributed by atoms with E-state index in [-0.39, 0.29) is 23.8 Å². The third-order valence-corrected chi connectivity index (χ3v) is 3.51. The van der Waals surface area contributed by atoms with Crippen LogP contribution in [0.3, 0.4) is 0 Å². The Balaban J connectivity index is 1.55. The fraction of sp³-hybridized carbons (Fsp3) is 0.615. The minimum atomic E-state index is -0.139. The van der Waals surface area contributed by atoms with E-state index >= 15 is 0 Å². The van der Waals surface area contributed by atoms with Crippen molar-refractivity contribution in [2.45, 2.75) is 31.7 Å². The van der Waals surface area contributed by atoms with Crippen LogP contribution in [0.5, 0.6) is 0 Å². The third kappa shape index (κ3) is 3.13. The quantitative estimate of drug-likeness (QED) is 0.783. The van der Waals surface area contributed by atoms with Gasteiger partial charge in [0.05, 0.1) is 6.54 Å². The maximum atomic E-state index is 12.0. The summed E-state index contributed by atoms with van der Waals surface area (Å²) in [5, 5.41) is 5.67. The second-order valence-corrected chi connectivity index (χ2v) is 5.32. The average molecular weight is 262 g/mol. The summed E-state index contributed by atoms with van der Waals surface area (Å²) in [6.45, 7) is 0.846. The second-order valence-electron chi connectivity index (χ2n) is 5.32. The van der Waals surface area contributed by atoms with Crippen LogP contribution in [0.15, 0.2) is 17.2 Å². The van der Waals surface area contributed by atoms with Gasteiger partial charge in [-0.1, -0.05) is 0 Å². The summed E-state index contributed by atoms with van der Waals surface area (Å²) in [4.78, 5) is 27.6. The van der Waals surface area contributed by atoms with Crippen LogP contribution in [-0.4, -0.2) is 28.5 Å². The molecule has 0 bridgehead atoms. The number of anilines is 1. The normalized spacial score (nSPS) is 18.1. The fourth-order valence-corrected chi connectivity index (χ4v) is 1.99. The van der Waals surface area contributed by atoms with E-state index in [1.54, 1.807) is 17.0 Å². The smallest absolute Gasteiger partial charge is 0.293 e. The number of hydrogen-bond acceptors (Lipinski definition) is 4. The number of hydrogen-bond donors (Lipinski definition) is 2. The molecular formula is C13H18N4O2. The summed E-state index contributed by atoms with van der Waals surface area (Å²) in [7, 11) is 0. The highest BCUT2D eigenvalue weighted by atomic mass is 16.2. The van der Waals surface area contributed by atoms with Crippen molar-refractivity contribution in [3.05, 3.63) is 22.7 Å². The van der Waals surface area contributed by atoms with Crippen LogP contribution in [-0.2, 0) is 4.79 Å². The highest BCUT2D eigenvalue weighted by Gasteiger charge is 2.25. The second kappa shape index (κ2) is 5.03. The van der Waals surface area contributed by atoms with E-state index in [2.05, 4.69) is 15.6 Å². The summed E-state index contributed by atoms with van der Waals surface area (Å²) >= 11 is 0. The minimum Gasteiger partial charge on any atom is -0.356 e. The van der Waals surface area contributed by atoms with Crippen molar-refractivity contribution in [2.75, 3.05) is 18.4 Å². The number of aromatic nitrogens is 2. The first kappa shape index (κ1) is 12.2. The topological polar surface area (TPSA) is 76.0 Å². The van der Waals surface area contributed by atoms with Gasteiger partial charge < -0.3 is 15.2 Å². The molecule has 102 valence electrons. The number of carbonyl (C=O) groups is 1. The number of nitrogens with zero attached hydrogens (tertiary/aromatic N) is 2. The molecule has 0 saturated heterocycles. The van der Waals surface area contributed by atoms with E-state index < -0.39 is 0 Å². The summed E-state index contributed by atoms with van der Waals surface area (Å²) < 4.78 is 1.69. The molecule has 3 rings (SSSR count). The Labute approximate surface area is 111 Å². The number of rotatable bonds is 6. The molecule has 1 heterocycles. The Morgan fingerprint density at radius 3 is 2.84 bits per heavy atom. The average Bonchev–Trinajstić information content (AvgIpc) is 3.28. The first-order valence-electron chi connectivity index (χ1n) is 6.82. The predicted octanol–water partition coefficient (Wildman–Crippen LogP) is 0.516. The predicted molar refractivity (Wildman–Crippen MR) is 71.0 cm³/mol. The van der Waals surface area contributed by atoms with Gasteiger partial charge in [0, 0.05) is 25.0 Å². The van der Waals surface area contributed by atoms with E-state index in [0.29, 0.717) is 12.0 Å². The van der Waals surface area contributed by atoms with Gasteiger partial charge in [-0.25, -0.2) is 4.98 Å². The molecule has 2 fully saturated rings. The zero-order valence-corrected chi connectivity index (χ0v) is 10.8. The maximum absolute atomic E-state index is 12.0. The molecule has 19 heavy (non-hydrogen) atoms. The molecule has 1 aromatic rings. The molecule has 1 aromatic heterocycles. The van der Waals surface area contributed by atoms with Crippen molar-refractivity contribution in [1.82, 2.24) is 14.9 Å². The van der Waals surface area contributed by atoms with Gasteiger partial charge in [0.2, 0.25) is 5.91 Å². The van der Waals surface area contributed by atoms with Gasteiger partial charge >= 0.3 is 0 Å². The Morgan fingerprint density at radius 2 is 2.16 bits per heavy atom. The fourth-order valence-electron chi connectivity index (χ4n) is 1.99. The van der Waals surface area contributed by atoms with Gasteiger partial charge in [0.15, 0.2) is 5.82 Å². The zero-order chi connectivity index (χ0) is 13.2. The Morgan fingerprint density at radius 1 is 1.37 bits per heavy atom. The van der Waals surface area contributed by atoms with Crippen LogP contribution < -0.4 is 16.2 Å². The van der Waals surface area contributed by atoms with E-state index in [1.165, 1.54) is 12.8 Å². The summed E-state index contributed by atoms with van der Waals surface area (Å²) in [5.74, 6) is 0.830. The van der Waals surface area contributed by atoms with E-state index in [9.17, 15) is 9.59 Å². The Hall–Kier alpha value is -1.85. The molecule has 2 aliphatic rings. The van der Waals surface area contributed by atoms with Crippen molar-refractivity contribution in [3.8, 4) is 0 Å². The molecule has 6 nitrogen and oxygen atoms in total. The summed E-state index contributed by atoms with van der Waals surface area (Å²) in [6.07, 6.45) is 7.82. The standard InChI is InChI=1S/C13H18N4O2/c18-11(15-7-9-1-2-9)8-16-12-13(19)17(6-5-14-12)10-3-4-10/h5-6,9-10H,1-4,7-8H2,(H,14,16)(H,15,18). The summed E-state index contributed by atoms with van der Waals surface area (Å²) in [5.41, 5.74) is -0.139. The third-order valence-electron chi connectivity index (χ3n) is 3.51. The lowest BCUT2D eigenvalue weighted by molar-refractivity contribution is -0.119. The van der Waals surface area contributed by atoms with Crippen LogP contribution in [0.2, 0.25) is 0 Å². The molecule has 0 aliphatic heterocycles. The number of carbonyl (C=O) groups excluding carboxylic acids is 1. The lowest BCUT2D eigenvalue weighted by Gasteiger charge is -2.08. The highest BCUT2D eigenvalue weighted by molar-refractivity contribution is 5.80. The first-order valence-corrected chi connectivity index (χ1v) is 6.82. The van der Waals surface area contributed by atoms with Gasteiger partial charge in [-0.3, -0.25) is 9.59 Å². The van der Waals surface area contributed by atoms with Crippen molar-refractivity contribution < 1.29 is 4.79 Å². The van der Waals surface area contributed by atoms with E-state index in [1.807, 2.05) is 0 Å². The molecule has 2 saturated carbocycles. The van der Waals surface area contributed by atoms with Crippen molar-refractivity contribution in [1.29, 1.82) is 0 Å². The lowest BCUT2D eigenvalue weighted by Crippen LogP contribution is -2.33. The molecule has 0 radical (unpaired) electrons. The van der Waals surface area contributed by atoms with Gasteiger partial charge in [-0.05, 0) is 31.6 Å². The number of amides is 1.